The van der Waals surface area contributed by atoms with E-state index in [1.54, 1.807) is 30.3 Å². The lowest BCUT2D eigenvalue weighted by molar-refractivity contribution is -0.115. The van der Waals surface area contributed by atoms with Crippen LogP contribution in [0.1, 0.15) is 30.1 Å². The van der Waals surface area contributed by atoms with Crippen molar-refractivity contribution in [1.29, 1.82) is 0 Å². The van der Waals surface area contributed by atoms with Crippen molar-refractivity contribution in [3.63, 3.8) is 0 Å². The van der Waals surface area contributed by atoms with E-state index in [9.17, 15) is 9.59 Å². The summed E-state index contributed by atoms with van der Waals surface area (Å²) in [5.41, 5.74) is 0.474. The van der Waals surface area contributed by atoms with E-state index in [-0.39, 0.29) is 18.4 Å². The number of unbranched alkanes of at least 4 members (excludes halogenated alkanes) is 1. The van der Waals surface area contributed by atoms with Crippen molar-refractivity contribution >= 4 is 17.6 Å². The lowest BCUT2D eigenvalue weighted by Crippen LogP contribution is -2.32. The Bertz CT molecular complexity index is 623. The molecular weight excluding hydrogens is 296 g/mol. The van der Waals surface area contributed by atoms with Crippen LogP contribution < -0.4 is 15.4 Å². The van der Waals surface area contributed by atoms with Gasteiger partial charge < -0.3 is 15.4 Å². The van der Waals surface area contributed by atoms with Crippen molar-refractivity contribution in [3.05, 3.63) is 42.1 Å². The highest BCUT2D eigenvalue weighted by Crippen LogP contribution is 2.12. The Morgan fingerprint density at radius 1 is 1.22 bits per heavy atom. The second kappa shape index (κ2) is 8.57. The van der Waals surface area contributed by atoms with Gasteiger partial charge in [-0.2, -0.15) is 5.10 Å². The molecule has 23 heavy (non-hydrogen) atoms. The van der Waals surface area contributed by atoms with E-state index in [0.717, 1.165) is 18.6 Å². The second-order valence-corrected chi connectivity index (χ2v) is 4.93. The first kappa shape index (κ1) is 16.5. The van der Waals surface area contributed by atoms with Gasteiger partial charge in [-0.05, 0) is 30.7 Å². The Morgan fingerprint density at radius 3 is 2.65 bits per heavy atom. The molecule has 0 unspecified atom stereocenters. The van der Waals surface area contributed by atoms with Crippen LogP contribution in [0.3, 0.4) is 0 Å². The largest absolute Gasteiger partial charge is 0.494 e. The zero-order valence-corrected chi connectivity index (χ0v) is 13.0. The third-order valence-corrected chi connectivity index (χ3v) is 3.07. The number of H-pyrrole nitrogens is 1. The zero-order valence-electron chi connectivity index (χ0n) is 13.0. The molecule has 3 N–H and O–H groups in total. The molecule has 0 saturated carbocycles. The Hall–Kier alpha value is -2.83. The van der Waals surface area contributed by atoms with Gasteiger partial charge in [0.05, 0.1) is 19.3 Å². The predicted molar refractivity (Wildman–Crippen MR) is 86.4 cm³/mol. The zero-order chi connectivity index (χ0) is 16.5. The molecule has 122 valence electrons. The number of benzene rings is 1. The lowest BCUT2D eigenvalue weighted by Gasteiger charge is -2.07. The summed E-state index contributed by atoms with van der Waals surface area (Å²) < 4.78 is 5.53. The normalized spacial score (nSPS) is 10.1. The Kier molecular flexibility index (Phi) is 6.17. The van der Waals surface area contributed by atoms with E-state index in [2.05, 4.69) is 27.8 Å². The number of rotatable bonds is 8. The van der Waals surface area contributed by atoms with Gasteiger partial charge in [-0.1, -0.05) is 13.3 Å². The third kappa shape index (κ3) is 5.46. The van der Waals surface area contributed by atoms with Crippen molar-refractivity contribution in [3.8, 4) is 5.75 Å². The minimum atomic E-state index is -0.331. The average Bonchev–Trinajstić information content (AvgIpc) is 3.06. The van der Waals surface area contributed by atoms with Gasteiger partial charge in [-0.3, -0.25) is 14.7 Å². The van der Waals surface area contributed by atoms with Gasteiger partial charge in [0.25, 0.3) is 5.91 Å². The molecule has 0 bridgehead atoms. The number of hydrogen-bond acceptors (Lipinski definition) is 4. The highest BCUT2D eigenvalue weighted by atomic mass is 16.5. The molecule has 2 aromatic rings. The number of nitrogens with one attached hydrogen (secondary N) is 3. The van der Waals surface area contributed by atoms with E-state index >= 15 is 0 Å². The quantitative estimate of drug-likeness (QED) is 0.649. The van der Waals surface area contributed by atoms with Crippen LogP contribution in [0.5, 0.6) is 5.75 Å². The molecule has 0 radical (unpaired) electrons. The molecule has 2 amide bonds. The molecule has 0 aliphatic rings. The summed E-state index contributed by atoms with van der Waals surface area (Å²) in [6.45, 7) is 2.64. The Morgan fingerprint density at radius 2 is 2.00 bits per heavy atom. The molecule has 0 aliphatic heterocycles. The van der Waals surface area contributed by atoms with Crippen molar-refractivity contribution < 1.29 is 14.3 Å². The number of aromatic nitrogens is 2. The van der Waals surface area contributed by atoms with Crippen LogP contribution >= 0.6 is 0 Å². The van der Waals surface area contributed by atoms with Crippen LogP contribution in [-0.2, 0) is 4.79 Å². The number of nitrogens with zero attached hydrogens (tertiary/aromatic N) is 1. The number of ether oxygens (including phenoxy) is 1. The SMILES string of the molecule is CCCCOc1ccc(C(=O)NCC(=O)Nc2ccn[nH]2)cc1. The van der Waals surface area contributed by atoms with Crippen molar-refractivity contribution in [2.45, 2.75) is 19.8 Å². The van der Waals surface area contributed by atoms with E-state index in [1.807, 2.05) is 0 Å². The number of carbonyl (C=O) groups is 2. The number of carbonyl (C=O) groups excluding carboxylic acids is 2. The number of anilines is 1. The van der Waals surface area contributed by atoms with Crippen molar-refractivity contribution in [1.82, 2.24) is 15.5 Å². The lowest BCUT2D eigenvalue weighted by atomic mass is 10.2. The van der Waals surface area contributed by atoms with Gasteiger partial charge in [0.1, 0.15) is 11.6 Å². The molecule has 7 heteroatoms. The number of aromatic amines is 1. The van der Waals surface area contributed by atoms with Crippen LogP contribution in [0, 0.1) is 0 Å². The van der Waals surface area contributed by atoms with Crippen molar-refractivity contribution in [2.24, 2.45) is 0 Å². The fraction of sp³-hybridized carbons (Fsp3) is 0.312. The van der Waals surface area contributed by atoms with Gasteiger partial charge in [0, 0.05) is 11.6 Å². The summed E-state index contributed by atoms with van der Waals surface area (Å²) in [5.74, 6) is 0.566. The second-order valence-electron chi connectivity index (χ2n) is 4.93. The van der Waals surface area contributed by atoms with Gasteiger partial charge >= 0.3 is 0 Å². The predicted octanol–water partition coefficient (Wildman–Crippen LogP) is 1.96. The maximum atomic E-state index is 12.0. The summed E-state index contributed by atoms with van der Waals surface area (Å²) in [5, 5.41) is 11.5. The average molecular weight is 316 g/mol. The molecule has 0 aliphatic carbocycles. The molecule has 7 nitrogen and oxygen atoms in total. The van der Waals surface area contributed by atoms with Crippen molar-refractivity contribution in [2.75, 3.05) is 18.5 Å². The van der Waals surface area contributed by atoms with Crippen LogP contribution in [0.4, 0.5) is 5.82 Å². The molecule has 2 rings (SSSR count). The number of amides is 2. The molecule has 1 heterocycles. The molecule has 0 fully saturated rings. The fourth-order valence-electron chi connectivity index (χ4n) is 1.82. The van der Waals surface area contributed by atoms with Gasteiger partial charge in [-0.25, -0.2) is 0 Å². The monoisotopic (exact) mass is 316 g/mol. The van der Waals surface area contributed by atoms with Crippen LogP contribution in [0.25, 0.3) is 0 Å². The summed E-state index contributed by atoms with van der Waals surface area (Å²) in [4.78, 5) is 23.6. The summed E-state index contributed by atoms with van der Waals surface area (Å²) >= 11 is 0. The summed E-state index contributed by atoms with van der Waals surface area (Å²) in [7, 11) is 0. The molecule has 1 aromatic heterocycles. The minimum absolute atomic E-state index is 0.118. The highest BCUT2D eigenvalue weighted by molar-refractivity contribution is 5.99. The maximum absolute atomic E-state index is 12.0. The molecule has 0 spiro atoms. The van der Waals surface area contributed by atoms with E-state index in [4.69, 9.17) is 4.74 Å². The van der Waals surface area contributed by atoms with Gasteiger partial charge in [0.2, 0.25) is 5.91 Å². The number of hydrogen-bond donors (Lipinski definition) is 3. The van der Waals surface area contributed by atoms with Gasteiger partial charge in [0.15, 0.2) is 0 Å². The molecule has 0 atom stereocenters. The fourth-order valence-corrected chi connectivity index (χ4v) is 1.82. The molecular formula is C16H20N4O3. The summed E-state index contributed by atoms with van der Waals surface area (Å²) in [6, 6.07) is 8.45. The van der Waals surface area contributed by atoms with Crippen LogP contribution in [0.15, 0.2) is 36.5 Å². The Labute approximate surface area is 134 Å². The standard InChI is InChI=1S/C16H20N4O3/c1-2-3-10-23-13-6-4-12(5-7-13)16(22)17-11-15(21)19-14-8-9-18-20-14/h4-9H,2-3,10-11H2,1H3,(H,17,22)(H2,18,19,20,21). The van der Waals surface area contributed by atoms with E-state index in [1.165, 1.54) is 6.20 Å². The van der Waals surface area contributed by atoms with E-state index in [0.29, 0.717) is 18.0 Å². The van der Waals surface area contributed by atoms with Crippen LogP contribution in [0.2, 0.25) is 0 Å². The first-order valence-corrected chi connectivity index (χ1v) is 7.49. The maximum Gasteiger partial charge on any atom is 0.251 e. The van der Waals surface area contributed by atoms with Gasteiger partial charge in [-0.15, -0.1) is 0 Å². The molecule has 0 saturated heterocycles. The summed E-state index contributed by atoms with van der Waals surface area (Å²) in [6.07, 6.45) is 3.59. The first-order chi connectivity index (χ1) is 11.2. The smallest absolute Gasteiger partial charge is 0.251 e. The topological polar surface area (TPSA) is 96.1 Å². The minimum Gasteiger partial charge on any atom is -0.494 e. The Balaban J connectivity index is 1.77. The third-order valence-electron chi connectivity index (χ3n) is 3.07. The molecule has 1 aromatic carbocycles. The van der Waals surface area contributed by atoms with E-state index < -0.39 is 0 Å². The first-order valence-electron chi connectivity index (χ1n) is 7.49. The van der Waals surface area contributed by atoms with Crippen LogP contribution in [-0.4, -0.2) is 35.2 Å². The highest BCUT2D eigenvalue weighted by Gasteiger charge is 2.09.